The average Bonchev–Trinajstić information content (AvgIpc) is 3.35. The van der Waals surface area contributed by atoms with Crippen LogP contribution in [0.15, 0.2) is 46.9 Å². The standard InChI is InChI=1S/C21H30N5O3P/c1-16(2)21(15-28-3,22-13-18-11-12-19(29-18)30(4,5)27)20-23-24-25-26(20)14-17-9-7-6-8-10-17/h6-12,16,22H,13-15H2,1-5H3. The van der Waals surface area contributed by atoms with E-state index in [0.717, 1.165) is 5.56 Å². The summed E-state index contributed by atoms with van der Waals surface area (Å²) < 4.78 is 25.5. The largest absolute Gasteiger partial charge is 0.457 e. The van der Waals surface area contributed by atoms with Gasteiger partial charge in [0.25, 0.3) is 0 Å². The lowest BCUT2D eigenvalue weighted by Crippen LogP contribution is -2.52. The van der Waals surface area contributed by atoms with E-state index in [2.05, 4.69) is 34.7 Å². The highest BCUT2D eigenvalue weighted by Gasteiger charge is 2.41. The van der Waals surface area contributed by atoms with E-state index in [0.29, 0.717) is 36.8 Å². The van der Waals surface area contributed by atoms with Crippen molar-refractivity contribution in [2.45, 2.75) is 32.5 Å². The van der Waals surface area contributed by atoms with Crippen LogP contribution in [-0.2, 0) is 27.9 Å². The Hall–Kier alpha value is -2.28. The molecule has 9 heteroatoms. The smallest absolute Gasteiger partial charge is 0.174 e. The molecule has 3 rings (SSSR count). The maximum Gasteiger partial charge on any atom is 0.174 e. The number of methoxy groups -OCH3 is 1. The van der Waals surface area contributed by atoms with Crippen molar-refractivity contribution in [3.8, 4) is 0 Å². The minimum atomic E-state index is -2.44. The van der Waals surface area contributed by atoms with Crippen molar-refractivity contribution < 1.29 is 13.7 Å². The summed E-state index contributed by atoms with van der Waals surface area (Å²) in [5.41, 5.74) is 0.996. The highest BCUT2D eigenvalue weighted by molar-refractivity contribution is 7.69. The molecule has 8 nitrogen and oxygen atoms in total. The van der Waals surface area contributed by atoms with Gasteiger partial charge in [-0.3, -0.25) is 5.32 Å². The van der Waals surface area contributed by atoms with Crippen LogP contribution in [0.1, 0.15) is 31.0 Å². The number of ether oxygens (including phenoxy) is 1. The van der Waals surface area contributed by atoms with Crippen molar-refractivity contribution >= 4 is 12.6 Å². The van der Waals surface area contributed by atoms with Crippen molar-refractivity contribution in [2.24, 2.45) is 5.92 Å². The van der Waals surface area contributed by atoms with E-state index >= 15 is 0 Å². The Labute approximate surface area is 177 Å². The van der Waals surface area contributed by atoms with E-state index in [1.54, 1.807) is 31.2 Å². The summed E-state index contributed by atoms with van der Waals surface area (Å²) in [5, 5.41) is 16.1. The van der Waals surface area contributed by atoms with Crippen LogP contribution in [0.25, 0.3) is 0 Å². The lowest BCUT2D eigenvalue weighted by molar-refractivity contribution is 0.0641. The number of benzene rings is 1. The summed E-state index contributed by atoms with van der Waals surface area (Å²) in [7, 11) is -0.778. The van der Waals surface area contributed by atoms with E-state index in [-0.39, 0.29) is 5.92 Å². The summed E-state index contributed by atoms with van der Waals surface area (Å²) in [4.78, 5) is 0. The Bertz CT molecular complexity index is 995. The first-order valence-electron chi connectivity index (χ1n) is 9.95. The topological polar surface area (TPSA) is 95.1 Å². The predicted octanol–water partition coefficient (Wildman–Crippen LogP) is 2.85. The molecule has 1 N–H and O–H groups in total. The maximum atomic E-state index is 12.3. The molecule has 0 bridgehead atoms. The fraction of sp³-hybridized carbons (Fsp3) is 0.476. The molecule has 0 aliphatic carbocycles. The predicted molar refractivity (Wildman–Crippen MR) is 116 cm³/mol. The fourth-order valence-electron chi connectivity index (χ4n) is 3.43. The monoisotopic (exact) mass is 431 g/mol. The van der Waals surface area contributed by atoms with Gasteiger partial charge in [0.05, 0.1) is 19.7 Å². The van der Waals surface area contributed by atoms with E-state index in [1.807, 2.05) is 36.4 Å². The minimum absolute atomic E-state index is 0.121. The number of nitrogens with one attached hydrogen (secondary N) is 1. The van der Waals surface area contributed by atoms with Crippen LogP contribution in [0.4, 0.5) is 0 Å². The van der Waals surface area contributed by atoms with Gasteiger partial charge in [0.15, 0.2) is 11.3 Å². The molecule has 3 aromatic rings. The lowest BCUT2D eigenvalue weighted by atomic mass is 9.85. The van der Waals surface area contributed by atoms with Gasteiger partial charge in [0.1, 0.15) is 18.4 Å². The molecule has 0 amide bonds. The van der Waals surface area contributed by atoms with Crippen LogP contribution < -0.4 is 10.8 Å². The highest BCUT2D eigenvalue weighted by atomic mass is 31.2. The van der Waals surface area contributed by atoms with Crippen LogP contribution in [0.3, 0.4) is 0 Å². The number of furan rings is 1. The van der Waals surface area contributed by atoms with Gasteiger partial charge in [-0.05, 0) is 47.4 Å². The first kappa shape index (κ1) is 22.4. The highest BCUT2D eigenvalue weighted by Crippen LogP contribution is 2.35. The lowest BCUT2D eigenvalue weighted by Gasteiger charge is -2.36. The molecule has 2 aromatic heterocycles. The van der Waals surface area contributed by atoms with E-state index in [1.165, 1.54) is 0 Å². The third-order valence-corrected chi connectivity index (χ3v) is 6.52. The first-order chi connectivity index (χ1) is 14.3. The van der Waals surface area contributed by atoms with Crippen molar-refractivity contribution in [3.05, 3.63) is 59.6 Å². The second-order valence-corrected chi connectivity index (χ2v) is 11.3. The number of hydrogen-bond acceptors (Lipinski definition) is 7. The number of aromatic nitrogens is 4. The summed E-state index contributed by atoms with van der Waals surface area (Å²) in [6, 6.07) is 13.7. The number of rotatable bonds is 10. The molecule has 1 atom stereocenters. The van der Waals surface area contributed by atoms with Crippen molar-refractivity contribution in [2.75, 3.05) is 27.0 Å². The van der Waals surface area contributed by atoms with Crippen LogP contribution in [0.2, 0.25) is 0 Å². The molecule has 0 aliphatic heterocycles. The molecule has 0 radical (unpaired) electrons. The SMILES string of the molecule is COCC(NCc1ccc(P(C)(C)=O)o1)(c1nnnn1Cc1ccccc1)C(C)C. The zero-order valence-corrected chi connectivity index (χ0v) is 19.1. The third-order valence-electron chi connectivity index (χ3n) is 5.22. The molecule has 30 heavy (non-hydrogen) atoms. The normalized spacial score (nSPS) is 14.2. The van der Waals surface area contributed by atoms with Crippen LogP contribution in [0, 0.1) is 5.92 Å². The van der Waals surface area contributed by atoms with E-state index < -0.39 is 12.7 Å². The molecule has 0 fully saturated rings. The zero-order chi connectivity index (χ0) is 21.8. The maximum absolute atomic E-state index is 12.3. The van der Waals surface area contributed by atoms with E-state index in [9.17, 15) is 4.57 Å². The van der Waals surface area contributed by atoms with Gasteiger partial charge >= 0.3 is 0 Å². The Kier molecular flexibility index (Phi) is 6.91. The number of nitrogens with zero attached hydrogens (tertiary/aromatic N) is 4. The van der Waals surface area contributed by atoms with Gasteiger partial charge in [-0.15, -0.1) is 5.10 Å². The minimum Gasteiger partial charge on any atom is -0.457 e. The third kappa shape index (κ3) is 4.89. The molecular formula is C21H30N5O3P. The summed E-state index contributed by atoms with van der Waals surface area (Å²) in [6.07, 6.45) is 0. The van der Waals surface area contributed by atoms with Crippen LogP contribution in [0.5, 0.6) is 0 Å². The quantitative estimate of drug-likeness (QED) is 0.493. The molecule has 2 heterocycles. The average molecular weight is 431 g/mol. The van der Waals surface area contributed by atoms with Crippen LogP contribution >= 0.6 is 7.14 Å². The Morgan fingerprint density at radius 2 is 1.93 bits per heavy atom. The van der Waals surface area contributed by atoms with Gasteiger partial charge in [0, 0.05) is 7.11 Å². The molecule has 0 saturated heterocycles. The number of tetrazole rings is 1. The van der Waals surface area contributed by atoms with Crippen molar-refractivity contribution in [1.82, 2.24) is 25.5 Å². The summed E-state index contributed by atoms with van der Waals surface area (Å²) in [6.45, 7) is 8.98. The summed E-state index contributed by atoms with van der Waals surface area (Å²) in [5.74, 6) is 1.53. The molecule has 0 spiro atoms. The first-order valence-corrected chi connectivity index (χ1v) is 12.5. The van der Waals surface area contributed by atoms with Gasteiger partial charge in [0.2, 0.25) is 0 Å². The molecular weight excluding hydrogens is 401 g/mol. The summed E-state index contributed by atoms with van der Waals surface area (Å²) >= 11 is 0. The molecule has 1 unspecified atom stereocenters. The Morgan fingerprint density at radius 3 is 2.53 bits per heavy atom. The number of hydrogen-bond donors (Lipinski definition) is 1. The van der Waals surface area contributed by atoms with Crippen LogP contribution in [-0.4, -0.2) is 47.3 Å². The Morgan fingerprint density at radius 1 is 1.20 bits per heavy atom. The molecule has 0 saturated carbocycles. The van der Waals surface area contributed by atoms with Crippen molar-refractivity contribution in [3.63, 3.8) is 0 Å². The molecule has 0 aliphatic rings. The van der Waals surface area contributed by atoms with Crippen molar-refractivity contribution in [1.29, 1.82) is 0 Å². The Balaban J connectivity index is 1.90. The molecule has 1 aromatic carbocycles. The second-order valence-electron chi connectivity index (χ2n) is 8.15. The zero-order valence-electron chi connectivity index (χ0n) is 18.2. The second kappa shape index (κ2) is 9.25. The van der Waals surface area contributed by atoms with E-state index in [4.69, 9.17) is 9.15 Å². The van der Waals surface area contributed by atoms with Gasteiger partial charge < -0.3 is 13.7 Å². The van der Waals surface area contributed by atoms with Gasteiger partial charge in [-0.2, -0.15) is 0 Å². The van der Waals surface area contributed by atoms with Gasteiger partial charge in [-0.25, -0.2) is 4.68 Å². The van der Waals surface area contributed by atoms with Gasteiger partial charge in [-0.1, -0.05) is 44.2 Å². The fourth-order valence-corrected chi connectivity index (χ4v) is 4.20. The molecule has 162 valence electrons.